The number of aryl methyl sites for hydroxylation is 1. The van der Waals surface area contributed by atoms with E-state index in [1.807, 2.05) is 45.0 Å². The first-order chi connectivity index (χ1) is 18.3. The average molecular weight is 550 g/mol. The highest BCUT2D eigenvalue weighted by Crippen LogP contribution is 2.44. The number of fused-ring (bicyclic) bond motifs is 1. The van der Waals surface area contributed by atoms with Crippen molar-refractivity contribution in [3.63, 3.8) is 0 Å². The van der Waals surface area contributed by atoms with E-state index in [2.05, 4.69) is 5.32 Å². The second-order valence-electron chi connectivity index (χ2n) is 11.4. The Kier molecular flexibility index (Phi) is 8.76. The van der Waals surface area contributed by atoms with Crippen molar-refractivity contribution in [2.24, 2.45) is 5.92 Å². The fraction of sp³-hybridized carbons (Fsp3) is 0.567. The van der Waals surface area contributed by atoms with Crippen LogP contribution in [0.1, 0.15) is 62.8 Å². The van der Waals surface area contributed by atoms with E-state index in [1.165, 1.54) is 6.07 Å². The second-order valence-corrected chi connectivity index (χ2v) is 11.4. The van der Waals surface area contributed by atoms with Gasteiger partial charge >= 0.3 is 6.18 Å². The van der Waals surface area contributed by atoms with Crippen molar-refractivity contribution in [2.75, 3.05) is 6.54 Å². The normalized spacial score (nSPS) is 26.4. The predicted molar refractivity (Wildman–Crippen MR) is 140 cm³/mol. The zero-order chi connectivity index (χ0) is 28.4. The molecular formula is C30H38F3NO5. The first kappa shape index (κ1) is 29.5. The van der Waals surface area contributed by atoms with Crippen LogP contribution in [0.15, 0.2) is 48.5 Å². The average Bonchev–Trinajstić information content (AvgIpc) is 3.18. The molecule has 9 heteroatoms. The van der Waals surface area contributed by atoms with Crippen LogP contribution in [0.4, 0.5) is 13.2 Å². The zero-order valence-electron chi connectivity index (χ0n) is 23.1. The molecule has 4 rings (SSSR count). The lowest BCUT2D eigenvalue weighted by Crippen LogP contribution is -2.60. The van der Waals surface area contributed by atoms with Crippen LogP contribution in [0.2, 0.25) is 0 Å². The molecule has 1 aliphatic carbocycles. The molecule has 4 atom stereocenters. The van der Waals surface area contributed by atoms with Crippen molar-refractivity contribution in [3.05, 3.63) is 70.8 Å². The molecule has 2 fully saturated rings. The number of benzene rings is 2. The lowest BCUT2D eigenvalue weighted by Gasteiger charge is -2.43. The topological polar surface area (TPSA) is 66.0 Å². The van der Waals surface area contributed by atoms with E-state index in [0.717, 1.165) is 23.3 Å². The van der Waals surface area contributed by atoms with Crippen molar-refractivity contribution in [1.29, 1.82) is 0 Å². The van der Waals surface area contributed by atoms with E-state index in [0.29, 0.717) is 12.1 Å². The summed E-state index contributed by atoms with van der Waals surface area (Å²) in [5.74, 6) is -0.936. The number of halogens is 3. The lowest BCUT2D eigenvalue weighted by atomic mass is 9.78. The number of hydrogen-bond acceptors (Lipinski definition) is 5. The Balaban J connectivity index is 1.61. The number of ether oxygens (including phenoxy) is 4. The van der Waals surface area contributed by atoms with E-state index in [4.69, 9.17) is 18.9 Å². The standard InChI is InChI=1S/C30H38F3NO5/c1-19(2)16-34-27(35)29(37-18-22-11-7-6-9-20(22)3)14-24(26-25(15-29)38-28(4,5)39-26)36-17-21-10-8-12-23(13-21)30(31,32)33/h6-13,19,24-26H,14-18H2,1-5H3,(H,34,35)/t24-,25+,26-,29+/m0/s1. The van der Waals surface area contributed by atoms with Gasteiger partial charge < -0.3 is 24.3 Å². The molecular weight excluding hydrogens is 511 g/mol. The predicted octanol–water partition coefficient (Wildman–Crippen LogP) is 5.94. The third-order valence-corrected chi connectivity index (χ3v) is 7.22. The summed E-state index contributed by atoms with van der Waals surface area (Å²) in [5.41, 5.74) is 0.362. The number of nitrogens with one attached hydrogen (secondary N) is 1. The molecule has 2 aromatic carbocycles. The highest BCUT2D eigenvalue weighted by Gasteiger charge is 2.58. The largest absolute Gasteiger partial charge is 0.416 e. The Labute approximate surface area is 228 Å². The minimum Gasteiger partial charge on any atom is -0.371 e. The van der Waals surface area contributed by atoms with Crippen LogP contribution in [0, 0.1) is 12.8 Å². The van der Waals surface area contributed by atoms with Gasteiger partial charge in [-0.15, -0.1) is 0 Å². The molecule has 1 heterocycles. The van der Waals surface area contributed by atoms with E-state index < -0.39 is 41.4 Å². The maximum atomic E-state index is 13.7. The molecule has 1 aliphatic heterocycles. The molecule has 0 bridgehead atoms. The summed E-state index contributed by atoms with van der Waals surface area (Å²) >= 11 is 0. The summed E-state index contributed by atoms with van der Waals surface area (Å²) in [6.07, 6.45) is -5.67. The fourth-order valence-corrected chi connectivity index (χ4v) is 5.19. The van der Waals surface area contributed by atoms with Crippen LogP contribution >= 0.6 is 0 Å². The zero-order valence-corrected chi connectivity index (χ0v) is 23.1. The van der Waals surface area contributed by atoms with Crippen LogP contribution in [-0.2, 0) is 43.1 Å². The van der Waals surface area contributed by atoms with Crippen molar-refractivity contribution in [3.8, 4) is 0 Å². The second kappa shape index (κ2) is 11.6. The number of carbonyl (C=O) groups is 1. The van der Waals surface area contributed by atoms with E-state index >= 15 is 0 Å². The van der Waals surface area contributed by atoms with Gasteiger partial charge in [-0.25, -0.2) is 0 Å². The molecule has 0 radical (unpaired) electrons. The monoisotopic (exact) mass is 549 g/mol. The highest BCUT2D eigenvalue weighted by molar-refractivity contribution is 5.85. The van der Waals surface area contributed by atoms with Crippen molar-refractivity contribution in [2.45, 2.75) is 96.6 Å². The minimum absolute atomic E-state index is 0.0803. The Bertz CT molecular complexity index is 1150. The molecule has 2 aromatic rings. The minimum atomic E-state index is -4.45. The summed E-state index contributed by atoms with van der Waals surface area (Å²) < 4.78 is 64.8. The van der Waals surface area contributed by atoms with Crippen molar-refractivity contribution >= 4 is 5.91 Å². The maximum Gasteiger partial charge on any atom is 0.416 e. The number of amides is 1. The van der Waals surface area contributed by atoms with Gasteiger partial charge in [0.2, 0.25) is 0 Å². The first-order valence-electron chi connectivity index (χ1n) is 13.4. The Morgan fingerprint density at radius 3 is 2.51 bits per heavy atom. The molecule has 1 N–H and O–H groups in total. The summed E-state index contributed by atoms with van der Waals surface area (Å²) in [5, 5.41) is 3.02. The fourth-order valence-electron chi connectivity index (χ4n) is 5.19. The number of carbonyl (C=O) groups excluding carboxylic acids is 1. The summed E-state index contributed by atoms with van der Waals surface area (Å²) in [6.45, 7) is 10.2. The quantitative estimate of drug-likeness (QED) is 0.419. The van der Waals surface area contributed by atoms with Gasteiger partial charge in [-0.2, -0.15) is 13.2 Å². The van der Waals surface area contributed by atoms with Gasteiger partial charge in [0.05, 0.1) is 31.0 Å². The Morgan fingerprint density at radius 1 is 1.08 bits per heavy atom. The van der Waals surface area contributed by atoms with E-state index in [-0.39, 0.29) is 37.9 Å². The molecule has 39 heavy (non-hydrogen) atoms. The summed E-state index contributed by atoms with van der Waals surface area (Å²) in [4.78, 5) is 13.7. The van der Waals surface area contributed by atoms with Gasteiger partial charge in [0.1, 0.15) is 6.10 Å². The molecule has 1 saturated carbocycles. The van der Waals surface area contributed by atoms with Gasteiger partial charge in [-0.05, 0) is 55.5 Å². The summed E-state index contributed by atoms with van der Waals surface area (Å²) in [7, 11) is 0. The summed E-state index contributed by atoms with van der Waals surface area (Å²) in [6, 6.07) is 12.9. The molecule has 1 saturated heterocycles. The lowest BCUT2D eigenvalue weighted by molar-refractivity contribution is -0.183. The Morgan fingerprint density at radius 2 is 1.82 bits per heavy atom. The number of hydrogen-bond donors (Lipinski definition) is 1. The smallest absolute Gasteiger partial charge is 0.371 e. The van der Waals surface area contributed by atoms with Gasteiger partial charge in [0, 0.05) is 19.4 Å². The molecule has 214 valence electrons. The maximum absolute atomic E-state index is 13.7. The van der Waals surface area contributed by atoms with Gasteiger partial charge in [-0.1, -0.05) is 50.2 Å². The third-order valence-electron chi connectivity index (χ3n) is 7.22. The van der Waals surface area contributed by atoms with Gasteiger partial charge in [-0.3, -0.25) is 4.79 Å². The van der Waals surface area contributed by atoms with Crippen LogP contribution in [0.25, 0.3) is 0 Å². The Hall–Kier alpha value is -2.46. The molecule has 0 unspecified atom stereocenters. The SMILES string of the molecule is Cc1ccccc1CO[C@]1(C(=O)NCC(C)C)C[C@H](OCc2cccc(C(F)(F)F)c2)[C@@H]2OC(C)(C)O[C@@H]2C1. The molecule has 0 spiro atoms. The van der Waals surface area contributed by atoms with Crippen molar-refractivity contribution < 1.29 is 36.9 Å². The molecule has 1 amide bonds. The molecule has 0 aromatic heterocycles. The van der Waals surface area contributed by atoms with E-state index in [9.17, 15) is 18.0 Å². The van der Waals surface area contributed by atoms with Crippen LogP contribution < -0.4 is 5.32 Å². The van der Waals surface area contributed by atoms with Crippen LogP contribution in [0.3, 0.4) is 0 Å². The van der Waals surface area contributed by atoms with Crippen molar-refractivity contribution in [1.82, 2.24) is 5.32 Å². The highest BCUT2D eigenvalue weighted by atomic mass is 19.4. The van der Waals surface area contributed by atoms with Gasteiger partial charge in [0.15, 0.2) is 11.4 Å². The number of alkyl halides is 3. The molecule has 2 aliphatic rings. The first-order valence-corrected chi connectivity index (χ1v) is 13.4. The van der Waals surface area contributed by atoms with Crippen LogP contribution in [0.5, 0.6) is 0 Å². The van der Waals surface area contributed by atoms with Crippen LogP contribution in [-0.4, -0.2) is 42.2 Å². The third kappa shape index (κ3) is 7.20. The van der Waals surface area contributed by atoms with E-state index in [1.54, 1.807) is 19.9 Å². The number of rotatable bonds is 9. The molecule has 6 nitrogen and oxygen atoms in total. The van der Waals surface area contributed by atoms with Gasteiger partial charge in [0.25, 0.3) is 5.91 Å².